The molecule has 0 atom stereocenters. The van der Waals surface area contributed by atoms with Crippen molar-refractivity contribution < 1.29 is 4.74 Å². The summed E-state index contributed by atoms with van der Waals surface area (Å²) < 4.78 is 5.72. The molecule has 2 N–H and O–H groups in total. The van der Waals surface area contributed by atoms with Crippen molar-refractivity contribution in [3.05, 3.63) is 41.3 Å². The van der Waals surface area contributed by atoms with Crippen molar-refractivity contribution in [3.63, 3.8) is 0 Å². The molecule has 0 aliphatic heterocycles. The first-order valence-corrected chi connectivity index (χ1v) is 8.11. The first-order valence-electron chi connectivity index (χ1n) is 8.11. The van der Waals surface area contributed by atoms with Gasteiger partial charge in [0.1, 0.15) is 11.0 Å². The van der Waals surface area contributed by atoms with Gasteiger partial charge in [-0.15, -0.1) is 0 Å². The molecule has 0 radical (unpaired) electrons. The highest BCUT2D eigenvalue weighted by Gasteiger charge is 2.30. The number of H-pyrrole nitrogens is 1. The van der Waals surface area contributed by atoms with E-state index in [-0.39, 0.29) is 5.41 Å². The molecule has 6 heteroatoms. The van der Waals surface area contributed by atoms with Crippen LogP contribution in [-0.4, -0.2) is 33.8 Å². The highest BCUT2D eigenvalue weighted by atomic mass is 16.5. The molecule has 3 aromatic heterocycles. The summed E-state index contributed by atoms with van der Waals surface area (Å²) in [5, 5.41) is 10.6. The first-order chi connectivity index (χ1) is 11.5. The summed E-state index contributed by atoms with van der Waals surface area (Å²) in [4.78, 5) is 9.26. The lowest BCUT2D eigenvalue weighted by molar-refractivity contribution is 0.317. The average molecular weight is 325 g/mol. The smallest absolute Gasteiger partial charge is 0.217 e. The van der Waals surface area contributed by atoms with E-state index < -0.39 is 0 Å². The van der Waals surface area contributed by atoms with Gasteiger partial charge in [-0.2, -0.15) is 5.10 Å². The van der Waals surface area contributed by atoms with Crippen LogP contribution in [0, 0.1) is 6.92 Å². The Morgan fingerprint density at radius 2 is 2.08 bits per heavy atom. The number of nitrogens with one attached hydrogen (secondary N) is 2. The van der Waals surface area contributed by atoms with Crippen molar-refractivity contribution in [3.8, 4) is 5.88 Å². The summed E-state index contributed by atoms with van der Waals surface area (Å²) in [6.45, 7) is 8.79. The molecule has 126 valence electrons. The molecule has 0 spiro atoms. The molecule has 0 aromatic carbocycles. The molecule has 0 aliphatic carbocycles. The second-order valence-electron chi connectivity index (χ2n) is 6.27. The van der Waals surface area contributed by atoms with Crippen LogP contribution in [0.5, 0.6) is 5.88 Å². The van der Waals surface area contributed by atoms with E-state index in [1.807, 2.05) is 39.1 Å². The zero-order valence-electron chi connectivity index (χ0n) is 14.8. The predicted molar refractivity (Wildman–Crippen MR) is 95.7 cm³/mol. The van der Waals surface area contributed by atoms with Gasteiger partial charge in [0.15, 0.2) is 0 Å². The third-order valence-corrected chi connectivity index (χ3v) is 4.32. The maximum Gasteiger partial charge on any atom is 0.217 e. The molecule has 0 saturated carbocycles. The third kappa shape index (κ3) is 2.58. The number of hydrogen-bond acceptors (Lipinski definition) is 5. The summed E-state index contributed by atoms with van der Waals surface area (Å²) in [5.41, 5.74) is 5.24. The van der Waals surface area contributed by atoms with Gasteiger partial charge in [0.05, 0.1) is 23.7 Å². The van der Waals surface area contributed by atoms with Gasteiger partial charge in [-0.1, -0.05) is 6.07 Å². The molecule has 3 aromatic rings. The van der Waals surface area contributed by atoms with Crippen LogP contribution >= 0.6 is 0 Å². The Hall–Kier alpha value is -2.63. The number of anilines is 1. The minimum atomic E-state index is -0.359. The lowest BCUT2D eigenvalue weighted by atomic mass is 9.81. The predicted octanol–water partition coefficient (Wildman–Crippen LogP) is 3.43. The van der Waals surface area contributed by atoms with Crippen LogP contribution < -0.4 is 10.1 Å². The Bertz CT molecular complexity index is 869. The fraction of sp³-hybridized carbons (Fsp3) is 0.389. The zero-order valence-corrected chi connectivity index (χ0v) is 14.8. The Morgan fingerprint density at radius 3 is 2.79 bits per heavy atom. The molecule has 3 rings (SSSR count). The van der Waals surface area contributed by atoms with Crippen LogP contribution in [0.25, 0.3) is 11.0 Å². The summed E-state index contributed by atoms with van der Waals surface area (Å²) in [5.74, 6) is 0.654. The minimum Gasteiger partial charge on any atom is -0.478 e. The fourth-order valence-electron chi connectivity index (χ4n) is 2.87. The van der Waals surface area contributed by atoms with Gasteiger partial charge in [-0.3, -0.25) is 5.10 Å². The molecule has 6 nitrogen and oxygen atoms in total. The van der Waals surface area contributed by atoms with Crippen LogP contribution in [0.2, 0.25) is 0 Å². The molecule has 3 heterocycles. The minimum absolute atomic E-state index is 0.359. The van der Waals surface area contributed by atoms with E-state index in [2.05, 4.69) is 34.3 Å². The second-order valence-corrected chi connectivity index (χ2v) is 6.27. The number of pyridine rings is 2. The van der Waals surface area contributed by atoms with Crippen molar-refractivity contribution in [2.24, 2.45) is 0 Å². The van der Waals surface area contributed by atoms with E-state index in [0.717, 1.165) is 33.7 Å². The van der Waals surface area contributed by atoms with Crippen LogP contribution in [-0.2, 0) is 5.41 Å². The molecule has 0 unspecified atom stereocenters. The molecule has 24 heavy (non-hydrogen) atoms. The van der Waals surface area contributed by atoms with Crippen LogP contribution in [0.15, 0.2) is 24.4 Å². The van der Waals surface area contributed by atoms with Crippen LogP contribution in [0.3, 0.4) is 0 Å². The fourth-order valence-corrected chi connectivity index (χ4v) is 2.87. The number of hydrogen-bond donors (Lipinski definition) is 2. The van der Waals surface area contributed by atoms with Gasteiger partial charge in [0.25, 0.3) is 0 Å². The maximum atomic E-state index is 5.72. The zero-order chi connectivity index (χ0) is 17.3. The Labute approximate surface area is 141 Å². The normalized spacial score (nSPS) is 11.7. The van der Waals surface area contributed by atoms with Gasteiger partial charge < -0.3 is 10.1 Å². The number of rotatable bonds is 5. The average Bonchev–Trinajstić information content (AvgIpc) is 2.96. The van der Waals surface area contributed by atoms with Gasteiger partial charge in [0.2, 0.25) is 5.88 Å². The van der Waals surface area contributed by atoms with Crippen molar-refractivity contribution >= 4 is 16.7 Å². The lowest BCUT2D eigenvalue weighted by Gasteiger charge is -2.26. The molecule has 0 fully saturated rings. The topological polar surface area (TPSA) is 75.7 Å². The number of nitrogens with zero attached hydrogens (tertiary/aromatic N) is 3. The van der Waals surface area contributed by atoms with E-state index in [0.29, 0.717) is 12.5 Å². The lowest BCUT2D eigenvalue weighted by Crippen LogP contribution is -2.22. The highest BCUT2D eigenvalue weighted by Crippen LogP contribution is 2.37. The number of ether oxygens (including phenoxy) is 1. The van der Waals surface area contributed by atoms with E-state index >= 15 is 0 Å². The van der Waals surface area contributed by atoms with E-state index in [9.17, 15) is 0 Å². The van der Waals surface area contributed by atoms with Crippen molar-refractivity contribution in [2.45, 2.75) is 33.1 Å². The monoisotopic (exact) mass is 325 g/mol. The van der Waals surface area contributed by atoms with Crippen molar-refractivity contribution in [1.29, 1.82) is 0 Å². The van der Waals surface area contributed by atoms with Crippen molar-refractivity contribution in [1.82, 2.24) is 20.2 Å². The molecule has 0 aliphatic rings. The molecule has 0 saturated heterocycles. The van der Waals surface area contributed by atoms with E-state index in [4.69, 9.17) is 9.72 Å². The SMILES string of the molecule is CCOc1ncccc1C(C)(C)c1cc(NC)c2n[nH]c(C)c2n1. The molecular formula is C18H23N5O. The number of fused-ring (bicyclic) bond motifs is 1. The Balaban J connectivity index is 2.20. The van der Waals surface area contributed by atoms with E-state index in [1.54, 1.807) is 6.20 Å². The van der Waals surface area contributed by atoms with Crippen molar-refractivity contribution in [2.75, 3.05) is 19.0 Å². The van der Waals surface area contributed by atoms with Gasteiger partial charge >= 0.3 is 0 Å². The van der Waals surface area contributed by atoms with Crippen LogP contribution in [0.1, 0.15) is 37.7 Å². The summed E-state index contributed by atoms with van der Waals surface area (Å²) in [6.07, 6.45) is 1.75. The maximum absolute atomic E-state index is 5.72. The largest absolute Gasteiger partial charge is 0.478 e. The highest BCUT2D eigenvalue weighted by molar-refractivity contribution is 5.89. The van der Waals surface area contributed by atoms with Gasteiger partial charge in [-0.25, -0.2) is 9.97 Å². The summed E-state index contributed by atoms with van der Waals surface area (Å²) in [7, 11) is 1.89. The number of aryl methyl sites for hydroxylation is 1. The second kappa shape index (κ2) is 6.11. The molecular weight excluding hydrogens is 302 g/mol. The first kappa shape index (κ1) is 16.2. The number of aromatic nitrogens is 4. The summed E-state index contributed by atoms with van der Waals surface area (Å²) in [6, 6.07) is 6.02. The van der Waals surface area contributed by atoms with E-state index in [1.165, 1.54) is 0 Å². The quantitative estimate of drug-likeness (QED) is 0.751. The summed E-state index contributed by atoms with van der Waals surface area (Å²) >= 11 is 0. The molecule has 0 amide bonds. The van der Waals surface area contributed by atoms with Crippen LogP contribution in [0.4, 0.5) is 5.69 Å². The third-order valence-electron chi connectivity index (χ3n) is 4.32. The Morgan fingerprint density at radius 1 is 1.29 bits per heavy atom. The van der Waals surface area contributed by atoms with Gasteiger partial charge in [-0.05, 0) is 39.8 Å². The Kier molecular flexibility index (Phi) is 4.13. The standard InChI is InChI=1S/C18H23N5O/c1-6-24-17-12(8-7-9-20-17)18(3,4)14-10-13(19-5)16-15(21-14)11(2)22-23-16/h7-10H,6H2,1-5H3,(H,19,21)(H,22,23). The number of aromatic amines is 1. The molecule has 0 bridgehead atoms. The van der Waals surface area contributed by atoms with Gasteiger partial charge in [0, 0.05) is 24.2 Å².